The number of carbonyl (C=O) groups is 1. The van der Waals surface area contributed by atoms with Crippen molar-refractivity contribution in [3.8, 4) is 0 Å². The summed E-state index contributed by atoms with van der Waals surface area (Å²) in [5.41, 5.74) is 7.93. The van der Waals surface area contributed by atoms with Crippen LogP contribution in [0.25, 0.3) is 0 Å². The van der Waals surface area contributed by atoms with E-state index in [-0.39, 0.29) is 5.75 Å². The number of nitrogens with one attached hydrogen (secondary N) is 1. The number of amides is 2. The topological polar surface area (TPSA) is 87.8 Å². The third-order valence-corrected chi connectivity index (χ3v) is 7.03. The summed E-state index contributed by atoms with van der Waals surface area (Å²) < 4.78 is 16.8. The second kappa shape index (κ2) is 8.49. The Morgan fingerprint density at radius 3 is 2.33 bits per heavy atom. The van der Waals surface area contributed by atoms with Gasteiger partial charge in [-0.25, -0.2) is 14.1 Å². The number of anilines is 1. The summed E-state index contributed by atoms with van der Waals surface area (Å²) in [5.74, 6) is 0.0483. The monoisotopic (exact) mass is 426 g/mol. The highest BCUT2D eigenvalue weighted by atomic mass is 32.2. The number of aryl methyl sites for hydroxylation is 2. The molecule has 2 amide bonds. The van der Waals surface area contributed by atoms with E-state index in [0.717, 1.165) is 61.9 Å². The maximum atomic E-state index is 12.9. The van der Waals surface area contributed by atoms with Gasteiger partial charge >= 0.3 is 6.03 Å². The number of hydrogen-bond acceptors (Lipinski definition) is 3. The number of benzene rings is 2. The van der Waals surface area contributed by atoms with Gasteiger partial charge in [0.25, 0.3) is 0 Å². The molecular weight excluding hydrogens is 396 g/mol. The van der Waals surface area contributed by atoms with E-state index in [1.807, 2.05) is 38.4 Å². The maximum Gasteiger partial charge on any atom is 0.354 e. The highest BCUT2D eigenvalue weighted by Gasteiger charge is 2.25. The van der Waals surface area contributed by atoms with Gasteiger partial charge < -0.3 is 10.2 Å². The molecule has 0 radical (unpaired) electrons. The molecule has 0 aromatic heterocycles. The molecule has 2 aromatic carbocycles. The molecule has 6 nitrogen and oxygen atoms in total. The van der Waals surface area contributed by atoms with Crippen LogP contribution in [0.15, 0.2) is 34.7 Å². The van der Waals surface area contributed by atoms with E-state index in [9.17, 15) is 9.00 Å². The standard InChI is InChI=1S/C23H30N4O2S/c1-27(2)14-16-6-3-7-17(12-16)15-30(24,29)26-23(28)25-22-20-10-4-8-18(20)13-19-9-5-11-21(19)22/h3,6-7,12-13H,4-5,8-11,14-15H2,1-2H3,(H3,24,25,26,28,29). The molecule has 0 aliphatic heterocycles. The Labute approximate surface area is 179 Å². The first-order chi connectivity index (χ1) is 14.3. The molecule has 0 fully saturated rings. The number of carbonyl (C=O) groups excluding carboxylic acids is 1. The fourth-order valence-electron chi connectivity index (χ4n) is 4.69. The van der Waals surface area contributed by atoms with Gasteiger partial charge in [0.15, 0.2) is 0 Å². The van der Waals surface area contributed by atoms with Crippen molar-refractivity contribution < 1.29 is 9.00 Å². The van der Waals surface area contributed by atoms with Crippen LogP contribution in [0, 0.1) is 0 Å². The number of nitrogens with two attached hydrogens (primary N) is 1. The average molecular weight is 427 g/mol. The van der Waals surface area contributed by atoms with Crippen molar-refractivity contribution in [3.63, 3.8) is 0 Å². The van der Waals surface area contributed by atoms with E-state index >= 15 is 0 Å². The van der Waals surface area contributed by atoms with E-state index in [4.69, 9.17) is 5.14 Å². The molecule has 7 heteroatoms. The largest absolute Gasteiger partial charge is 0.354 e. The van der Waals surface area contributed by atoms with Crippen LogP contribution in [0.1, 0.15) is 46.2 Å². The molecule has 0 spiro atoms. The summed E-state index contributed by atoms with van der Waals surface area (Å²) in [6.45, 7) is 0.779. The Bertz CT molecular complexity index is 1070. The van der Waals surface area contributed by atoms with Gasteiger partial charge in [-0.3, -0.25) is 0 Å². The Hall–Kier alpha value is -2.22. The van der Waals surface area contributed by atoms with Gasteiger partial charge in [0.1, 0.15) is 9.92 Å². The van der Waals surface area contributed by atoms with Gasteiger partial charge in [-0.15, -0.1) is 4.36 Å². The summed E-state index contributed by atoms with van der Waals surface area (Å²) >= 11 is 0. The molecule has 1 atom stereocenters. The fraction of sp³-hybridized carbons (Fsp3) is 0.435. The first-order valence-corrected chi connectivity index (χ1v) is 12.3. The van der Waals surface area contributed by atoms with Gasteiger partial charge in [-0.1, -0.05) is 30.3 Å². The SMILES string of the molecule is CN(C)Cc1cccc(CS(N)(=O)=NC(=O)Nc2c3c(cc4c2CCC4)CCC3)c1. The van der Waals surface area contributed by atoms with Crippen molar-refractivity contribution in [2.45, 2.75) is 50.8 Å². The predicted molar refractivity (Wildman–Crippen MR) is 122 cm³/mol. The zero-order valence-corrected chi connectivity index (χ0v) is 18.6. The summed E-state index contributed by atoms with van der Waals surface area (Å²) in [7, 11) is 0.813. The molecule has 1 unspecified atom stereocenters. The van der Waals surface area contributed by atoms with Crippen molar-refractivity contribution in [2.24, 2.45) is 9.50 Å². The lowest BCUT2D eigenvalue weighted by Gasteiger charge is -2.15. The lowest BCUT2D eigenvalue weighted by molar-refractivity contribution is 0.260. The molecule has 30 heavy (non-hydrogen) atoms. The van der Waals surface area contributed by atoms with Crippen LogP contribution in [0.4, 0.5) is 10.5 Å². The third-order valence-electron chi connectivity index (χ3n) is 5.81. The molecule has 4 rings (SSSR count). The summed E-state index contributed by atoms with van der Waals surface area (Å²) in [6, 6.07) is 9.47. The van der Waals surface area contributed by atoms with E-state index in [2.05, 4.69) is 20.6 Å². The van der Waals surface area contributed by atoms with Gasteiger partial charge in [0, 0.05) is 12.2 Å². The molecule has 0 bridgehead atoms. The van der Waals surface area contributed by atoms with Crippen LogP contribution < -0.4 is 10.5 Å². The highest BCUT2D eigenvalue weighted by Crippen LogP contribution is 2.38. The van der Waals surface area contributed by atoms with E-state index < -0.39 is 15.9 Å². The Kier molecular flexibility index (Phi) is 5.95. The second-order valence-electron chi connectivity index (χ2n) is 8.65. The van der Waals surface area contributed by atoms with Crippen LogP contribution in [-0.4, -0.2) is 29.2 Å². The zero-order chi connectivity index (χ0) is 21.3. The van der Waals surface area contributed by atoms with Crippen LogP contribution in [-0.2, 0) is 47.9 Å². The molecule has 0 heterocycles. The highest BCUT2D eigenvalue weighted by molar-refractivity contribution is 7.90. The number of fused-ring (bicyclic) bond motifs is 2. The van der Waals surface area contributed by atoms with Crippen LogP contribution in [0.2, 0.25) is 0 Å². The minimum absolute atomic E-state index is 0.0483. The normalized spacial score (nSPS) is 16.8. The molecule has 3 N–H and O–H groups in total. The maximum absolute atomic E-state index is 12.9. The smallest absolute Gasteiger partial charge is 0.305 e. The van der Waals surface area contributed by atoms with Crippen molar-refractivity contribution in [3.05, 3.63) is 63.7 Å². The number of nitrogens with zero attached hydrogens (tertiary/aromatic N) is 2. The van der Waals surface area contributed by atoms with Gasteiger partial charge in [-0.2, -0.15) is 0 Å². The first kappa shape index (κ1) is 21.0. The van der Waals surface area contributed by atoms with Crippen molar-refractivity contribution in [2.75, 3.05) is 19.4 Å². The molecule has 2 aliphatic rings. The van der Waals surface area contributed by atoms with Gasteiger partial charge in [0.2, 0.25) is 0 Å². The summed E-state index contributed by atoms with van der Waals surface area (Å²) in [6.07, 6.45) is 6.26. The molecule has 0 saturated carbocycles. The number of hydrogen-bond donors (Lipinski definition) is 2. The molecule has 160 valence electrons. The van der Waals surface area contributed by atoms with E-state index in [1.165, 1.54) is 22.3 Å². The van der Waals surface area contributed by atoms with Crippen LogP contribution in [0.3, 0.4) is 0 Å². The molecule has 0 saturated heterocycles. The van der Waals surface area contributed by atoms with Crippen molar-refractivity contribution in [1.29, 1.82) is 0 Å². The third kappa shape index (κ3) is 4.74. The summed E-state index contributed by atoms with van der Waals surface area (Å²) in [5, 5.41) is 8.92. The van der Waals surface area contributed by atoms with Crippen molar-refractivity contribution in [1.82, 2.24) is 4.90 Å². The average Bonchev–Trinajstić information content (AvgIpc) is 3.29. The molecule has 2 aromatic rings. The minimum Gasteiger partial charge on any atom is -0.305 e. The summed E-state index contributed by atoms with van der Waals surface area (Å²) in [4.78, 5) is 14.7. The van der Waals surface area contributed by atoms with Gasteiger partial charge in [-0.05, 0) is 86.0 Å². The number of rotatable bonds is 5. The Morgan fingerprint density at radius 2 is 1.70 bits per heavy atom. The van der Waals surface area contributed by atoms with E-state index in [0.29, 0.717) is 0 Å². The molecule has 2 aliphatic carbocycles. The van der Waals surface area contributed by atoms with Gasteiger partial charge in [0.05, 0.1) is 5.75 Å². The van der Waals surface area contributed by atoms with Crippen LogP contribution in [0.5, 0.6) is 0 Å². The minimum atomic E-state index is -3.18. The Balaban J connectivity index is 1.54. The quantitative estimate of drug-likeness (QED) is 0.762. The first-order valence-electron chi connectivity index (χ1n) is 10.5. The Morgan fingerprint density at radius 1 is 1.07 bits per heavy atom. The van der Waals surface area contributed by atoms with Crippen LogP contribution >= 0.6 is 0 Å². The molecular formula is C23H30N4O2S. The predicted octanol–water partition coefficient (Wildman–Crippen LogP) is 3.80. The number of urea groups is 1. The zero-order valence-electron chi connectivity index (χ0n) is 17.7. The fourth-order valence-corrected chi connectivity index (χ4v) is 5.74. The van der Waals surface area contributed by atoms with E-state index in [1.54, 1.807) is 0 Å². The second-order valence-corrected chi connectivity index (χ2v) is 10.5. The van der Waals surface area contributed by atoms with Crippen molar-refractivity contribution >= 4 is 21.6 Å². The lowest BCUT2D eigenvalue weighted by Crippen LogP contribution is -2.20. The lowest BCUT2D eigenvalue weighted by atomic mass is 9.99.